The van der Waals surface area contributed by atoms with Gasteiger partial charge in [0.25, 0.3) is 0 Å². The molecule has 4 nitrogen and oxygen atoms in total. The van der Waals surface area contributed by atoms with Gasteiger partial charge in [-0.3, -0.25) is 0 Å². The third kappa shape index (κ3) is 2.43. The summed E-state index contributed by atoms with van der Waals surface area (Å²) in [5.74, 6) is 0.750. The molecule has 90 valence electrons. The Morgan fingerprint density at radius 2 is 2.24 bits per heavy atom. The van der Waals surface area contributed by atoms with Crippen molar-refractivity contribution in [2.75, 3.05) is 11.9 Å². The first kappa shape index (κ1) is 11.6. The molecular weight excluding hydrogens is 221 g/mol. The fourth-order valence-corrected chi connectivity index (χ4v) is 1.44. The minimum Gasteiger partial charge on any atom is -0.461 e. The topological polar surface area (TPSA) is 51.0 Å². The number of aromatic nitrogens is 2. The van der Waals surface area contributed by atoms with Gasteiger partial charge in [-0.25, -0.2) is 14.4 Å². The zero-order chi connectivity index (χ0) is 12.3. The zero-order valence-corrected chi connectivity index (χ0v) is 9.83. The average molecular weight is 235 g/mol. The summed E-state index contributed by atoms with van der Waals surface area (Å²) in [7, 11) is 0. The van der Waals surface area contributed by atoms with Gasteiger partial charge in [-0.2, -0.15) is 0 Å². The molecule has 2 aromatic heterocycles. The molecule has 0 saturated carbocycles. The van der Waals surface area contributed by atoms with Crippen LogP contribution in [0.2, 0.25) is 0 Å². The van der Waals surface area contributed by atoms with Crippen LogP contribution < -0.4 is 5.32 Å². The van der Waals surface area contributed by atoms with E-state index in [4.69, 9.17) is 4.42 Å². The largest absolute Gasteiger partial charge is 0.461 e. The summed E-state index contributed by atoms with van der Waals surface area (Å²) in [4.78, 5) is 8.19. The molecule has 0 radical (unpaired) electrons. The molecule has 0 saturated heterocycles. The molecule has 0 aliphatic heterocycles. The van der Waals surface area contributed by atoms with Crippen LogP contribution >= 0.6 is 0 Å². The number of furan rings is 1. The van der Waals surface area contributed by atoms with Gasteiger partial charge < -0.3 is 9.73 Å². The molecule has 2 rings (SSSR count). The smallest absolute Gasteiger partial charge is 0.198 e. The molecule has 5 heteroatoms. The first-order chi connectivity index (χ1) is 8.22. The van der Waals surface area contributed by atoms with Gasteiger partial charge in [0.1, 0.15) is 0 Å². The molecule has 0 aliphatic rings. The molecule has 0 spiro atoms. The van der Waals surface area contributed by atoms with Crippen LogP contribution in [0.1, 0.15) is 19.0 Å². The van der Waals surface area contributed by atoms with E-state index >= 15 is 0 Å². The molecule has 0 amide bonds. The van der Waals surface area contributed by atoms with Crippen LogP contribution in [0, 0.1) is 12.7 Å². The van der Waals surface area contributed by atoms with Crippen molar-refractivity contribution < 1.29 is 8.81 Å². The van der Waals surface area contributed by atoms with Crippen molar-refractivity contribution in [3.05, 3.63) is 29.9 Å². The normalized spacial score (nSPS) is 10.5. The lowest BCUT2D eigenvalue weighted by atomic mass is 10.3. The van der Waals surface area contributed by atoms with E-state index in [0.717, 1.165) is 6.42 Å². The van der Waals surface area contributed by atoms with Crippen molar-refractivity contribution >= 4 is 5.82 Å². The first-order valence-corrected chi connectivity index (χ1v) is 5.54. The van der Waals surface area contributed by atoms with Crippen molar-refractivity contribution in [3.8, 4) is 11.6 Å². The van der Waals surface area contributed by atoms with Crippen molar-refractivity contribution in [2.45, 2.75) is 20.3 Å². The summed E-state index contributed by atoms with van der Waals surface area (Å²) in [5.41, 5.74) is 0.310. The van der Waals surface area contributed by atoms with E-state index in [2.05, 4.69) is 15.3 Å². The standard InChI is InChI=1S/C12H14FN3O/c1-3-6-14-12-10(13)8(2)15-11(16-12)9-5-4-7-17-9/h4-5,7H,3,6H2,1-2H3,(H,14,15,16). The molecule has 1 N–H and O–H groups in total. The van der Waals surface area contributed by atoms with Crippen LogP contribution in [-0.2, 0) is 0 Å². The highest BCUT2D eigenvalue weighted by Gasteiger charge is 2.13. The summed E-state index contributed by atoms with van der Waals surface area (Å²) >= 11 is 0. The Kier molecular flexibility index (Phi) is 3.37. The van der Waals surface area contributed by atoms with Crippen LogP contribution in [-0.4, -0.2) is 16.5 Å². The molecule has 0 aliphatic carbocycles. The Bertz CT molecular complexity index is 497. The Balaban J connectivity index is 2.39. The second-order valence-electron chi connectivity index (χ2n) is 3.70. The number of aryl methyl sites for hydroxylation is 1. The minimum absolute atomic E-state index is 0.228. The van der Waals surface area contributed by atoms with Gasteiger partial charge in [0, 0.05) is 6.54 Å². The summed E-state index contributed by atoms with van der Waals surface area (Å²) in [6.45, 7) is 4.29. The lowest BCUT2D eigenvalue weighted by molar-refractivity contribution is 0.571. The predicted molar refractivity (Wildman–Crippen MR) is 63.2 cm³/mol. The Hall–Kier alpha value is -1.91. The monoisotopic (exact) mass is 235 g/mol. The van der Waals surface area contributed by atoms with Gasteiger partial charge >= 0.3 is 0 Å². The fourth-order valence-electron chi connectivity index (χ4n) is 1.44. The summed E-state index contributed by atoms with van der Waals surface area (Å²) in [6.07, 6.45) is 2.44. The highest BCUT2D eigenvalue weighted by molar-refractivity contribution is 5.51. The van der Waals surface area contributed by atoms with Crippen molar-refractivity contribution in [1.29, 1.82) is 0 Å². The second kappa shape index (κ2) is 4.95. The Labute approximate surface area is 98.9 Å². The number of halogens is 1. The predicted octanol–water partition coefficient (Wildman–Crippen LogP) is 3.01. The quantitative estimate of drug-likeness (QED) is 0.885. The minimum atomic E-state index is -0.409. The lowest BCUT2D eigenvalue weighted by Gasteiger charge is -2.08. The average Bonchev–Trinajstić information content (AvgIpc) is 2.84. The Morgan fingerprint density at radius 1 is 1.41 bits per heavy atom. The van der Waals surface area contributed by atoms with Gasteiger partial charge in [0.05, 0.1) is 12.0 Å². The van der Waals surface area contributed by atoms with Gasteiger partial charge in [-0.15, -0.1) is 0 Å². The molecule has 17 heavy (non-hydrogen) atoms. The van der Waals surface area contributed by atoms with E-state index in [9.17, 15) is 4.39 Å². The molecule has 0 unspecified atom stereocenters. The van der Waals surface area contributed by atoms with Gasteiger partial charge in [-0.05, 0) is 25.5 Å². The van der Waals surface area contributed by atoms with Crippen molar-refractivity contribution in [1.82, 2.24) is 9.97 Å². The maximum Gasteiger partial charge on any atom is 0.198 e. The van der Waals surface area contributed by atoms with Crippen molar-refractivity contribution in [2.24, 2.45) is 0 Å². The lowest BCUT2D eigenvalue weighted by Crippen LogP contribution is -2.08. The number of anilines is 1. The van der Waals surface area contributed by atoms with E-state index in [1.165, 1.54) is 6.26 Å². The first-order valence-electron chi connectivity index (χ1n) is 5.54. The van der Waals surface area contributed by atoms with Crippen LogP contribution in [0.15, 0.2) is 22.8 Å². The molecule has 0 fully saturated rings. The SMILES string of the molecule is CCCNc1nc(-c2ccco2)nc(C)c1F. The molecule has 0 aromatic carbocycles. The summed E-state index contributed by atoms with van der Waals surface area (Å²) in [6, 6.07) is 3.49. The second-order valence-corrected chi connectivity index (χ2v) is 3.70. The summed E-state index contributed by atoms with van der Waals surface area (Å²) in [5, 5.41) is 2.94. The van der Waals surface area contributed by atoms with Crippen LogP contribution in [0.25, 0.3) is 11.6 Å². The van der Waals surface area contributed by atoms with Gasteiger partial charge in [-0.1, -0.05) is 6.92 Å². The third-order valence-corrected chi connectivity index (χ3v) is 2.30. The van der Waals surface area contributed by atoms with E-state index in [1.54, 1.807) is 19.1 Å². The van der Waals surface area contributed by atoms with E-state index < -0.39 is 5.82 Å². The van der Waals surface area contributed by atoms with Gasteiger partial charge in [0.2, 0.25) is 0 Å². The summed E-state index contributed by atoms with van der Waals surface area (Å²) < 4.78 is 18.9. The van der Waals surface area contributed by atoms with E-state index in [1.807, 2.05) is 6.92 Å². The van der Waals surface area contributed by atoms with E-state index in [0.29, 0.717) is 23.8 Å². The number of rotatable bonds is 4. The van der Waals surface area contributed by atoms with E-state index in [-0.39, 0.29) is 5.82 Å². The maximum absolute atomic E-state index is 13.7. The number of nitrogens with zero attached hydrogens (tertiary/aromatic N) is 2. The van der Waals surface area contributed by atoms with Crippen LogP contribution in [0.3, 0.4) is 0 Å². The fraction of sp³-hybridized carbons (Fsp3) is 0.333. The van der Waals surface area contributed by atoms with Crippen LogP contribution in [0.5, 0.6) is 0 Å². The van der Waals surface area contributed by atoms with Gasteiger partial charge in [0.15, 0.2) is 23.2 Å². The molecule has 2 aromatic rings. The number of hydrogen-bond acceptors (Lipinski definition) is 4. The molecule has 2 heterocycles. The Morgan fingerprint density at radius 3 is 2.88 bits per heavy atom. The maximum atomic E-state index is 13.7. The zero-order valence-electron chi connectivity index (χ0n) is 9.83. The third-order valence-electron chi connectivity index (χ3n) is 2.30. The van der Waals surface area contributed by atoms with Crippen molar-refractivity contribution in [3.63, 3.8) is 0 Å². The number of nitrogens with one attached hydrogen (secondary N) is 1. The highest BCUT2D eigenvalue weighted by atomic mass is 19.1. The molecular formula is C12H14FN3O. The molecule has 0 atom stereocenters. The molecule has 0 bridgehead atoms. The van der Waals surface area contributed by atoms with Crippen LogP contribution in [0.4, 0.5) is 10.2 Å². The highest BCUT2D eigenvalue weighted by Crippen LogP contribution is 2.21. The number of hydrogen-bond donors (Lipinski definition) is 1.